The van der Waals surface area contributed by atoms with E-state index in [0.717, 1.165) is 19.3 Å². The van der Waals surface area contributed by atoms with Gasteiger partial charge in [-0.1, -0.05) is 6.92 Å². The van der Waals surface area contributed by atoms with Crippen molar-refractivity contribution in [3.63, 3.8) is 0 Å². The highest BCUT2D eigenvalue weighted by Gasteiger charge is 2.32. The number of halogens is 3. The monoisotopic (exact) mass is 238 g/mol. The molecule has 2 unspecified atom stereocenters. The second-order valence-corrected chi connectivity index (χ2v) is 4.72. The summed E-state index contributed by atoms with van der Waals surface area (Å²) in [6.07, 6.45) is -0.992. The molecule has 1 aliphatic carbocycles. The summed E-state index contributed by atoms with van der Waals surface area (Å²) in [6, 6.07) is 0. The molecule has 2 N–H and O–H groups in total. The zero-order valence-corrected chi connectivity index (χ0v) is 9.76. The van der Waals surface area contributed by atoms with Crippen LogP contribution in [0.2, 0.25) is 0 Å². The fraction of sp³-hybridized carbons (Fsp3) is 1.00. The summed E-state index contributed by atoms with van der Waals surface area (Å²) >= 11 is 0. The largest absolute Gasteiger partial charge is 0.401 e. The quantitative estimate of drug-likeness (QED) is 0.796. The van der Waals surface area contributed by atoms with E-state index in [9.17, 15) is 13.2 Å². The lowest BCUT2D eigenvalue weighted by Gasteiger charge is -2.25. The molecule has 0 radical (unpaired) electrons. The molecule has 2 nitrogen and oxygen atoms in total. The Morgan fingerprint density at radius 3 is 2.31 bits per heavy atom. The molecule has 1 aliphatic rings. The minimum Gasteiger partial charge on any atom is -0.330 e. The van der Waals surface area contributed by atoms with Crippen molar-refractivity contribution in [1.29, 1.82) is 0 Å². The third-order valence-corrected chi connectivity index (χ3v) is 3.35. The van der Waals surface area contributed by atoms with Crippen molar-refractivity contribution in [2.75, 3.05) is 26.2 Å². The third kappa shape index (κ3) is 4.70. The Kier molecular flexibility index (Phi) is 5.05. The summed E-state index contributed by atoms with van der Waals surface area (Å²) in [5.41, 5.74) is 5.57. The highest BCUT2D eigenvalue weighted by Crippen LogP contribution is 2.31. The summed E-state index contributed by atoms with van der Waals surface area (Å²) in [7, 11) is 0. The fourth-order valence-corrected chi connectivity index (χ4v) is 2.48. The highest BCUT2D eigenvalue weighted by atomic mass is 19.4. The molecule has 1 rings (SSSR count). The molecular weight excluding hydrogens is 217 g/mol. The van der Waals surface area contributed by atoms with E-state index in [0.29, 0.717) is 31.5 Å². The molecule has 0 bridgehead atoms. The van der Waals surface area contributed by atoms with Crippen LogP contribution < -0.4 is 5.73 Å². The predicted molar refractivity (Wildman–Crippen MR) is 58.1 cm³/mol. The normalized spacial score (nSPS) is 26.6. The van der Waals surface area contributed by atoms with Crippen LogP contribution in [-0.2, 0) is 0 Å². The maximum atomic E-state index is 12.2. The van der Waals surface area contributed by atoms with E-state index in [1.165, 1.54) is 4.90 Å². The Balaban J connectivity index is 2.34. The zero-order chi connectivity index (χ0) is 12.2. The Morgan fingerprint density at radius 2 is 1.88 bits per heavy atom. The maximum Gasteiger partial charge on any atom is 0.401 e. The van der Waals surface area contributed by atoms with Crippen LogP contribution in [0.3, 0.4) is 0 Å². The van der Waals surface area contributed by atoms with Crippen LogP contribution in [-0.4, -0.2) is 37.3 Å². The number of nitrogens with two attached hydrogens (primary N) is 1. The van der Waals surface area contributed by atoms with E-state index in [1.807, 2.05) is 0 Å². The van der Waals surface area contributed by atoms with E-state index in [-0.39, 0.29) is 0 Å². The van der Waals surface area contributed by atoms with Crippen molar-refractivity contribution in [2.24, 2.45) is 17.6 Å². The Bertz CT molecular complexity index is 206. The van der Waals surface area contributed by atoms with Crippen molar-refractivity contribution in [1.82, 2.24) is 4.90 Å². The minimum absolute atomic E-state index is 0.399. The number of rotatable bonds is 5. The average molecular weight is 238 g/mol. The zero-order valence-electron chi connectivity index (χ0n) is 9.76. The highest BCUT2D eigenvalue weighted by molar-refractivity contribution is 4.79. The van der Waals surface area contributed by atoms with Crippen LogP contribution >= 0.6 is 0 Å². The fourth-order valence-electron chi connectivity index (χ4n) is 2.48. The van der Waals surface area contributed by atoms with Crippen LogP contribution in [0.4, 0.5) is 13.2 Å². The first-order valence-corrected chi connectivity index (χ1v) is 5.93. The first-order valence-electron chi connectivity index (χ1n) is 5.93. The van der Waals surface area contributed by atoms with Crippen molar-refractivity contribution < 1.29 is 13.2 Å². The van der Waals surface area contributed by atoms with E-state index >= 15 is 0 Å². The number of nitrogens with zero attached hydrogens (tertiary/aromatic N) is 1. The summed E-state index contributed by atoms with van der Waals surface area (Å²) < 4.78 is 36.7. The van der Waals surface area contributed by atoms with E-state index in [4.69, 9.17) is 5.73 Å². The number of hydrogen-bond acceptors (Lipinski definition) is 2. The van der Waals surface area contributed by atoms with Crippen molar-refractivity contribution >= 4 is 0 Å². The topological polar surface area (TPSA) is 29.3 Å². The molecule has 2 atom stereocenters. The van der Waals surface area contributed by atoms with Gasteiger partial charge in [0.05, 0.1) is 6.54 Å². The van der Waals surface area contributed by atoms with Gasteiger partial charge in [-0.2, -0.15) is 13.2 Å². The lowest BCUT2D eigenvalue weighted by atomic mass is 10.0. The number of hydrogen-bond donors (Lipinski definition) is 1. The molecule has 5 heteroatoms. The van der Waals surface area contributed by atoms with Gasteiger partial charge in [-0.05, 0) is 44.2 Å². The van der Waals surface area contributed by atoms with Crippen molar-refractivity contribution in [2.45, 2.75) is 32.4 Å². The molecule has 0 aromatic carbocycles. The standard InChI is InChI=1S/C11H21F3N2/c1-2-16(8-11(12,13)14)7-10-4-3-9(5-10)6-15/h9-10H,2-8,15H2,1H3. The molecule has 16 heavy (non-hydrogen) atoms. The Hall–Kier alpha value is -0.290. The molecular formula is C11H21F3N2. The first kappa shape index (κ1) is 13.8. The molecule has 0 saturated heterocycles. The van der Waals surface area contributed by atoms with E-state index in [1.54, 1.807) is 6.92 Å². The summed E-state index contributed by atoms with van der Waals surface area (Å²) in [5, 5.41) is 0. The molecule has 0 heterocycles. The summed E-state index contributed by atoms with van der Waals surface area (Å²) in [4.78, 5) is 1.49. The average Bonchev–Trinajstić information content (AvgIpc) is 2.62. The molecule has 96 valence electrons. The van der Waals surface area contributed by atoms with E-state index < -0.39 is 12.7 Å². The number of alkyl halides is 3. The Morgan fingerprint density at radius 1 is 1.25 bits per heavy atom. The predicted octanol–water partition coefficient (Wildman–Crippen LogP) is 2.25. The van der Waals surface area contributed by atoms with Gasteiger partial charge in [0.15, 0.2) is 0 Å². The van der Waals surface area contributed by atoms with Gasteiger partial charge in [0.2, 0.25) is 0 Å². The Labute approximate surface area is 95.0 Å². The maximum absolute atomic E-state index is 12.2. The lowest BCUT2D eigenvalue weighted by Crippen LogP contribution is -2.37. The second-order valence-electron chi connectivity index (χ2n) is 4.72. The molecule has 0 aliphatic heterocycles. The van der Waals surface area contributed by atoms with Crippen molar-refractivity contribution in [3.8, 4) is 0 Å². The smallest absolute Gasteiger partial charge is 0.330 e. The van der Waals surface area contributed by atoms with Crippen LogP contribution in [0.15, 0.2) is 0 Å². The lowest BCUT2D eigenvalue weighted by molar-refractivity contribution is -0.146. The van der Waals surface area contributed by atoms with Crippen LogP contribution in [0.5, 0.6) is 0 Å². The van der Waals surface area contributed by atoms with Gasteiger partial charge >= 0.3 is 6.18 Å². The first-order chi connectivity index (χ1) is 7.44. The summed E-state index contributed by atoms with van der Waals surface area (Å²) in [6.45, 7) is 2.69. The molecule has 0 spiro atoms. The van der Waals surface area contributed by atoms with Gasteiger partial charge in [-0.3, -0.25) is 4.90 Å². The van der Waals surface area contributed by atoms with Crippen molar-refractivity contribution in [3.05, 3.63) is 0 Å². The van der Waals surface area contributed by atoms with Gasteiger partial charge in [0.1, 0.15) is 0 Å². The van der Waals surface area contributed by atoms with Gasteiger partial charge in [0, 0.05) is 6.54 Å². The molecule has 0 aromatic heterocycles. The van der Waals surface area contributed by atoms with Gasteiger partial charge in [-0.25, -0.2) is 0 Å². The van der Waals surface area contributed by atoms with Gasteiger partial charge < -0.3 is 5.73 Å². The third-order valence-electron chi connectivity index (χ3n) is 3.35. The molecule has 1 saturated carbocycles. The second kappa shape index (κ2) is 5.87. The SMILES string of the molecule is CCN(CC1CCC(CN)C1)CC(F)(F)F. The van der Waals surface area contributed by atoms with E-state index in [2.05, 4.69) is 0 Å². The van der Waals surface area contributed by atoms with Gasteiger partial charge in [0.25, 0.3) is 0 Å². The molecule has 1 fully saturated rings. The molecule has 0 aromatic rings. The van der Waals surface area contributed by atoms with Crippen LogP contribution in [0, 0.1) is 11.8 Å². The van der Waals surface area contributed by atoms with Gasteiger partial charge in [-0.15, -0.1) is 0 Å². The molecule has 0 amide bonds. The summed E-state index contributed by atoms with van der Waals surface area (Å²) in [5.74, 6) is 0.922. The van der Waals surface area contributed by atoms with Crippen LogP contribution in [0.25, 0.3) is 0 Å². The van der Waals surface area contributed by atoms with Crippen LogP contribution in [0.1, 0.15) is 26.2 Å². The minimum atomic E-state index is -4.08.